The summed E-state index contributed by atoms with van der Waals surface area (Å²) in [7, 11) is 0. The highest BCUT2D eigenvalue weighted by Crippen LogP contribution is 1.90. The van der Waals surface area contributed by atoms with Gasteiger partial charge in [0.25, 0.3) is 0 Å². The number of rotatable bonds is 3. The van der Waals surface area contributed by atoms with E-state index in [4.69, 9.17) is 28.3 Å². The largest absolute Gasteiger partial charge is 0.367 e. The minimum Gasteiger partial charge on any atom is -0.367 e. The fourth-order valence-electron chi connectivity index (χ4n) is 0.117. The number of aliphatic hydroxyl groups excluding tert-OH is 1. The molecule has 0 aromatic heterocycles. The van der Waals surface area contributed by atoms with Crippen LogP contribution < -0.4 is 0 Å². The lowest BCUT2D eigenvalue weighted by Crippen LogP contribution is -2.11. The number of aliphatic hydroxyl groups is 1. The average molecular weight is 145 g/mol. The van der Waals surface area contributed by atoms with Crippen molar-refractivity contribution < 1.29 is 9.84 Å². The van der Waals surface area contributed by atoms with Crippen molar-refractivity contribution in [3.63, 3.8) is 0 Å². The molecular formula is C3H6Cl2O2. The molecule has 1 N–H and O–H groups in total. The Bertz CT molecular complexity index is 41.9. The van der Waals surface area contributed by atoms with Crippen molar-refractivity contribution in [2.75, 3.05) is 11.9 Å². The maximum atomic E-state index is 8.42. The van der Waals surface area contributed by atoms with Gasteiger partial charge >= 0.3 is 0 Å². The second kappa shape index (κ2) is 4.65. The van der Waals surface area contributed by atoms with Crippen LogP contribution in [0.4, 0.5) is 0 Å². The summed E-state index contributed by atoms with van der Waals surface area (Å²) in [6.45, 7) is 0. The molecule has 0 amide bonds. The molecule has 44 valence electrons. The Kier molecular flexibility index (Phi) is 4.99. The second-order valence-electron chi connectivity index (χ2n) is 0.885. The Hall–Kier alpha value is 0.500. The quantitative estimate of drug-likeness (QED) is 0.469. The zero-order chi connectivity index (χ0) is 5.70. The first-order chi connectivity index (χ1) is 3.31. The van der Waals surface area contributed by atoms with E-state index in [1.165, 1.54) is 0 Å². The van der Waals surface area contributed by atoms with Gasteiger partial charge in [0.1, 0.15) is 6.07 Å². The van der Waals surface area contributed by atoms with Crippen LogP contribution in [0.15, 0.2) is 0 Å². The standard InChI is InChI=1S/C3H6Cl2O2/c4-1-3(6)7-2-5/h3,6H,1-2H2. The summed E-state index contributed by atoms with van der Waals surface area (Å²) < 4.78 is 4.38. The molecule has 0 saturated carbocycles. The molecule has 0 aliphatic rings. The van der Waals surface area contributed by atoms with Gasteiger partial charge in [-0.3, -0.25) is 0 Å². The molecule has 0 aliphatic heterocycles. The Balaban J connectivity index is 2.83. The van der Waals surface area contributed by atoms with Crippen LogP contribution in [-0.2, 0) is 4.74 Å². The van der Waals surface area contributed by atoms with Crippen molar-refractivity contribution >= 4 is 23.2 Å². The minimum atomic E-state index is -0.917. The SMILES string of the molecule is OC(CCl)OCCl. The van der Waals surface area contributed by atoms with Gasteiger partial charge in [-0.25, -0.2) is 0 Å². The van der Waals surface area contributed by atoms with Gasteiger partial charge in [0, 0.05) is 0 Å². The third-order valence-electron chi connectivity index (χ3n) is 0.387. The Morgan fingerprint density at radius 1 is 1.57 bits per heavy atom. The maximum Gasteiger partial charge on any atom is 0.169 e. The summed E-state index contributed by atoms with van der Waals surface area (Å²) in [5.74, 6) is 0.0622. The van der Waals surface area contributed by atoms with Gasteiger partial charge in [0.15, 0.2) is 6.29 Å². The van der Waals surface area contributed by atoms with Crippen molar-refractivity contribution in [3.05, 3.63) is 0 Å². The lowest BCUT2D eigenvalue weighted by molar-refractivity contribution is -0.0642. The Labute approximate surface area is 52.0 Å². The summed E-state index contributed by atoms with van der Waals surface area (Å²) in [5.41, 5.74) is 0. The van der Waals surface area contributed by atoms with E-state index in [-0.39, 0.29) is 11.9 Å². The van der Waals surface area contributed by atoms with Gasteiger partial charge in [0.2, 0.25) is 0 Å². The molecule has 0 aliphatic carbocycles. The minimum absolute atomic E-state index is 0.0200. The lowest BCUT2D eigenvalue weighted by atomic mass is 10.8. The third kappa shape index (κ3) is 4.35. The third-order valence-corrected chi connectivity index (χ3v) is 0.777. The highest BCUT2D eigenvalue weighted by molar-refractivity contribution is 6.18. The molecule has 0 fully saturated rings. The molecule has 2 nitrogen and oxygen atoms in total. The van der Waals surface area contributed by atoms with Crippen LogP contribution in [0.5, 0.6) is 0 Å². The zero-order valence-corrected chi connectivity index (χ0v) is 5.11. The monoisotopic (exact) mass is 144 g/mol. The molecule has 1 unspecified atom stereocenters. The van der Waals surface area contributed by atoms with E-state index in [0.29, 0.717) is 0 Å². The van der Waals surface area contributed by atoms with Crippen molar-refractivity contribution in [1.82, 2.24) is 0 Å². The molecule has 0 bridgehead atoms. The second-order valence-corrected chi connectivity index (χ2v) is 1.41. The normalized spacial score (nSPS) is 14.1. The fourth-order valence-corrected chi connectivity index (χ4v) is 0.352. The van der Waals surface area contributed by atoms with E-state index in [1.54, 1.807) is 0 Å². The zero-order valence-electron chi connectivity index (χ0n) is 3.60. The summed E-state index contributed by atoms with van der Waals surface area (Å²) in [6.07, 6.45) is -0.917. The van der Waals surface area contributed by atoms with Crippen LogP contribution in [0.2, 0.25) is 0 Å². The van der Waals surface area contributed by atoms with Crippen LogP contribution in [-0.4, -0.2) is 23.3 Å². The van der Waals surface area contributed by atoms with Crippen molar-refractivity contribution in [1.29, 1.82) is 0 Å². The molecule has 0 rings (SSSR count). The molecule has 7 heavy (non-hydrogen) atoms. The average Bonchev–Trinajstić information content (AvgIpc) is 1.68. The highest BCUT2D eigenvalue weighted by Gasteiger charge is 1.96. The van der Waals surface area contributed by atoms with Crippen LogP contribution in [0.25, 0.3) is 0 Å². The topological polar surface area (TPSA) is 29.5 Å². The molecule has 4 heteroatoms. The maximum absolute atomic E-state index is 8.42. The predicted molar refractivity (Wildman–Crippen MR) is 28.5 cm³/mol. The number of hydrogen-bond acceptors (Lipinski definition) is 2. The van der Waals surface area contributed by atoms with E-state index in [0.717, 1.165) is 0 Å². The van der Waals surface area contributed by atoms with Crippen molar-refractivity contribution in [2.45, 2.75) is 6.29 Å². The first-order valence-corrected chi connectivity index (χ1v) is 2.79. The molecule has 1 atom stereocenters. The number of alkyl halides is 2. The molecule has 0 aromatic rings. The van der Waals surface area contributed by atoms with E-state index < -0.39 is 6.29 Å². The van der Waals surface area contributed by atoms with Gasteiger partial charge < -0.3 is 9.84 Å². The van der Waals surface area contributed by atoms with Gasteiger partial charge in [-0.15, -0.1) is 11.6 Å². The van der Waals surface area contributed by atoms with Gasteiger partial charge in [-0.1, -0.05) is 11.6 Å². The first-order valence-electron chi connectivity index (χ1n) is 1.73. The summed E-state index contributed by atoms with van der Waals surface area (Å²) in [6, 6.07) is -0.0200. The summed E-state index contributed by atoms with van der Waals surface area (Å²) in [5, 5.41) is 8.42. The van der Waals surface area contributed by atoms with Gasteiger partial charge in [-0.05, 0) is 0 Å². The fraction of sp³-hybridized carbons (Fsp3) is 1.00. The first kappa shape index (κ1) is 7.50. The van der Waals surface area contributed by atoms with E-state index in [9.17, 15) is 0 Å². The summed E-state index contributed by atoms with van der Waals surface area (Å²) >= 11 is 10.1. The molecule has 0 saturated heterocycles. The number of hydrogen-bond donors (Lipinski definition) is 1. The molecular weight excluding hydrogens is 139 g/mol. The molecule has 0 heterocycles. The van der Waals surface area contributed by atoms with E-state index >= 15 is 0 Å². The number of halogens is 2. The lowest BCUT2D eigenvalue weighted by Gasteiger charge is -2.02. The highest BCUT2D eigenvalue weighted by atomic mass is 35.5. The molecule has 0 aromatic carbocycles. The van der Waals surface area contributed by atoms with E-state index in [1.807, 2.05) is 0 Å². The van der Waals surface area contributed by atoms with Crippen molar-refractivity contribution in [2.24, 2.45) is 0 Å². The van der Waals surface area contributed by atoms with Gasteiger partial charge in [0.05, 0.1) is 5.88 Å². The smallest absolute Gasteiger partial charge is 0.169 e. The van der Waals surface area contributed by atoms with Crippen LogP contribution in [0.1, 0.15) is 0 Å². The van der Waals surface area contributed by atoms with Crippen LogP contribution >= 0.6 is 23.2 Å². The summed E-state index contributed by atoms with van der Waals surface area (Å²) in [4.78, 5) is 0. The van der Waals surface area contributed by atoms with Gasteiger partial charge in [-0.2, -0.15) is 0 Å². The van der Waals surface area contributed by atoms with Crippen LogP contribution in [0, 0.1) is 0 Å². The Morgan fingerprint density at radius 3 is 2.29 bits per heavy atom. The Morgan fingerprint density at radius 2 is 2.14 bits per heavy atom. The molecule has 0 spiro atoms. The number of ether oxygens (including phenoxy) is 1. The van der Waals surface area contributed by atoms with Crippen molar-refractivity contribution in [3.8, 4) is 0 Å². The predicted octanol–water partition coefficient (Wildman–Crippen LogP) is 0.757. The van der Waals surface area contributed by atoms with E-state index in [2.05, 4.69) is 4.74 Å². The van der Waals surface area contributed by atoms with Crippen LogP contribution in [0.3, 0.4) is 0 Å². The molecule has 0 radical (unpaired) electrons.